The van der Waals surface area contributed by atoms with E-state index in [4.69, 9.17) is 14.2 Å². The lowest BCUT2D eigenvalue weighted by molar-refractivity contribution is -0.913. The molecule has 0 fully saturated rings. The normalized spacial score (nSPS) is 21.4. The minimum atomic E-state index is 0.0658. The number of benzene rings is 1. The van der Waals surface area contributed by atoms with Crippen molar-refractivity contribution in [2.75, 3.05) is 27.5 Å². The number of nitrogens with one attached hydrogen (secondary N) is 1. The lowest BCUT2D eigenvalue weighted by Crippen LogP contribution is -3.10. The summed E-state index contributed by atoms with van der Waals surface area (Å²) in [5.74, 6) is 2.11. The number of quaternary nitrogens is 1. The average molecular weight is 356 g/mol. The van der Waals surface area contributed by atoms with Crippen LogP contribution in [0.5, 0.6) is 17.2 Å². The maximum Gasteiger partial charge on any atom is 0.231 e. The van der Waals surface area contributed by atoms with E-state index >= 15 is 0 Å². The highest BCUT2D eigenvalue weighted by Crippen LogP contribution is 2.47. The number of nitrogens with zero attached hydrogens (tertiary/aromatic N) is 2. The van der Waals surface area contributed by atoms with Gasteiger partial charge in [-0.1, -0.05) is 11.2 Å². The van der Waals surface area contributed by atoms with Crippen molar-refractivity contribution < 1.29 is 24.3 Å². The average Bonchev–Trinajstić information content (AvgIpc) is 3.14. The Morgan fingerprint density at radius 1 is 1.42 bits per heavy atom. The van der Waals surface area contributed by atoms with Crippen LogP contribution in [0.4, 0.5) is 0 Å². The van der Waals surface area contributed by atoms with Crippen molar-refractivity contribution in [1.82, 2.24) is 4.98 Å². The maximum absolute atomic E-state index is 9.59. The standard InChI is InChI=1S/C19H21N3O4/c1-22-8-6-12-9-16-18(26-11-25-16)19(24-2)17(12)15(22)10-14(21-23)13-5-3-4-7-20-13/h3-5,7,9,15,23H,6,8,10-11H2,1-2H3/p+1/b21-14-/t15-/m1/s1. The minimum absolute atomic E-state index is 0.0658. The van der Waals surface area contributed by atoms with Gasteiger partial charge in [0.25, 0.3) is 0 Å². The first kappa shape index (κ1) is 16.7. The first-order valence-corrected chi connectivity index (χ1v) is 8.67. The van der Waals surface area contributed by atoms with Gasteiger partial charge in [0.15, 0.2) is 11.5 Å². The molecule has 0 saturated carbocycles. The van der Waals surface area contributed by atoms with Crippen LogP contribution in [0.1, 0.15) is 29.3 Å². The third-order valence-electron chi connectivity index (χ3n) is 5.16. The lowest BCUT2D eigenvalue weighted by atomic mass is 9.88. The monoisotopic (exact) mass is 356 g/mol. The van der Waals surface area contributed by atoms with Crippen molar-refractivity contribution in [2.45, 2.75) is 18.9 Å². The van der Waals surface area contributed by atoms with Crippen LogP contribution >= 0.6 is 0 Å². The second-order valence-electron chi connectivity index (χ2n) is 6.58. The van der Waals surface area contributed by atoms with Crippen LogP contribution < -0.4 is 19.1 Å². The zero-order valence-corrected chi connectivity index (χ0v) is 14.9. The Bertz CT molecular complexity index is 838. The molecule has 26 heavy (non-hydrogen) atoms. The van der Waals surface area contributed by atoms with Crippen LogP contribution in [0, 0.1) is 0 Å². The summed E-state index contributed by atoms with van der Waals surface area (Å²) in [7, 11) is 3.80. The van der Waals surface area contributed by atoms with Crippen LogP contribution in [-0.2, 0) is 6.42 Å². The largest absolute Gasteiger partial charge is 0.492 e. The summed E-state index contributed by atoms with van der Waals surface area (Å²) in [4.78, 5) is 5.65. The van der Waals surface area contributed by atoms with Crippen molar-refractivity contribution in [3.8, 4) is 17.2 Å². The maximum atomic E-state index is 9.59. The summed E-state index contributed by atoms with van der Waals surface area (Å²) in [5.41, 5.74) is 3.52. The first-order chi connectivity index (χ1) is 12.7. The van der Waals surface area contributed by atoms with Crippen LogP contribution in [0.25, 0.3) is 0 Å². The Balaban J connectivity index is 1.76. The Kier molecular flexibility index (Phi) is 4.38. The number of fused-ring (bicyclic) bond motifs is 2. The van der Waals surface area contributed by atoms with Crippen LogP contribution in [0.15, 0.2) is 35.6 Å². The van der Waals surface area contributed by atoms with Gasteiger partial charge < -0.3 is 24.3 Å². The predicted octanol–water partition coefficient (Wildman–Crippen LogP) is 1.20. The second kappa shape index (κ2) is 6.84. The minimum Gasteiger partial charge on any atom is -0.492 e. The van der Waals surface area contributed by atoms with Crippen molar-refractivity contribution in [3.63, 3.8) is 0 Å². The van der Waals surface area contributed by atoms with Crippen LogP contribution in [0.3, 0.4) is 0 Å². The van der Waals surface area contributed by atoms with Crippen molar-refractivity contribution in [3.05, 3.63) is 47.3 Å². The molecule has 3 heterocycles. The highest BCUT2D eigenvalue weighted by atomic mass is 16.7. The van der Waals surface area contributed by atoms with Gasteiger partial charge >= 0.3 is 0 Å². The molecule has 136 valence electrons. The third kappa shape index (κ3) is 2.74. The van der Waals surface area contributed by atoms with E-state index < -0.39 is 0 Å². The number of hydrogen-bond donors (Lipinski definition) is 2. The third-order valence-corrected chi connectivity index (χ3v) is 5.16. The summed E-state index contributed by atoms with van der Waals surface area (Å²) < 4.78 is 16.9. The van der Waals surface area contributed by atoms with E-state index in [1.807, 2.05) is 18.2 Å². The van der Waals surface area contributed by atoms with E-state index in [1.165, 1.54) is 10.5 Å². The summed E-state index contributed by atoms with van der Waals surface area (Å²) in [5, 5.41) is 13.1. The molecule has 0 spiro atoms. The van der Waals surface area contributed by atoms with E-state index in [0.29, 0.717) is 23.6 Å². The second-order valence-corrected chi connectivity index (χ2v) is 6.58. The molecule has 7 heteroatoms. The summed E-state index contributed by atoms with van der Waals surface area (Å²) >= 11 is 0. The fourth-order valence-electron chi connectivity index (χ4n) is 3.82. The van der Waals surface area contributed by atoms with Gasteiger partial charge in [-0.3, -0.25) is 4.98 Å². The van der Waals surface area contributed by atoms with Gasteiger partial charge in [0.05, 0.1) is 38.4 Å². The number of hydrogen-bond acceptors (Lipinski definition) is 6. The smallest absolute Gasteiger partial charge is 0.231 e. The van der Waals surface area contributed by atoms with E-state index in [1.54, 1.807) is 13.3 Å². The number of methoxy groups -OCH3 is 1. The molecule has 2 atom stereocenters. The number of rotatable bonds is 4. The highest BCUT2D eigenvalue weighted by molar-refractivity contribution is 5.98. The number of pyridine rings is 1. The Morgan fingerprint density at radius 3 is 3.04 bits per heavy atom. The van der Waals surface area contributed by atoms with Gasteiger partial charge in [-0.2, -0.15) is 0 Å². The van der Waals surface area contributed by atoms with E-state index in [9.17, 15) is 5.21 Å². The van der Waals surface area contributed by atoms with Crippen molar-refractivity contribution in [2.24, 2.45) is 5.16 Å². The quantitative estimate of drug-likeness (QED) is 0.489. The Labute approximate surface area is 151 Å². The number of likely N-dealkylation sites (N-methyl/N-ethyl adjacent to an activating group) is 1. The Morgan fingerprint density at radius 2 is 2.31 bits per heavy atom. The molecule has 0 radical (unpaired) electrons. The molecule has 2 aliphatic heterocycles. The number of aromatic nitrogens is 1. The summed E-state index contributed by atoms with van der Waals surface area (Å²) in [6.07, 6.45) is 3.17. The zero-order valence-electron chi connectivity index (χ0n) is 14.9. The first-order valence-electron chi connectivity index (χ1n) is 8.67. The molecule has 2 aromatic rings. The van der Waals surface area contributed by atoms with Gasteiger partial charge in [0.1, 0.15) is 11.8 Å². The molecule has 2 N–H and O–H groups in total. The number of oxime groups is 1. The van der Waals surface area contributed by atoms with Crippen LogP contribution in [0.2, 0.25) is 0 Å². The molecule has 0 bridgehead atoms. The van der Waals surface area contributed by atoms with Gasteiger partial charge in [-0.25, -0.2) is 0 Å². The molecule has 0 aliphatic carbocycles. The van der Waals surface area contributed by atoms with Crippen molar-refractivity contribution in [1.29, 1.82) is 0 Å². The molecule has 0 saturated heterocycles. The SMILES string of the molecule is COc1c2c(cc3c1[C@@H](C/C(=N/O)c1ccccn1)[NH+](C)CC3)OCO2. The molecule has 1 aromatic heterocycles. The van der Waals surface area contributed by atoms with E-state index in [0.717, 1.165) is 30.0 Å². The molecule has 2 aliphatic rings. The van der Waals surface area contributed by atoms with Crippen LogP contribution in [-0.4, -0.2) is 43.4 Å². The zero-order chi connectivity index (χ0) is 18.1. The summed E-state index contributed by atoms with van der Waals surface area (Å²) in [6.45, 7) is 1.18. The fraction of sp³-hybridized carbons (Fsp3) is 0.368. The molecule has 1 unspecified atom stereocenters. The molecule has 0 amide bonds. The van der Waals surface area contributed by atoms with Gasteiger partial charge in [0, 0.05) is 12.6 Å². The van der Waals surface area contributed by atoms with E-state index in [-0.39, 0.29) is 12.8 Å². The topological polar surface area (TPSA) is 77.6 Å². The van der Waals surface area contributed by atoms with Gasteiger partial charge in [-0.05, 0) is 23.8 Å². The summed E-state index contributed by atoms with van der Waals surface area (Å²) in [6, 6.07) is 7.70. The Hall–Kier alpha value is -2.80. The fourth-order valence-corrected chi connectivity index (χ4v) is 3.82. The van der Waals surface area contributed by atoms with Gasteiger partial charge in [-0.15, -0.1) is 0 Å². The molecule has 7 nitrogen and oxygen atoms in total. The predicted molar refractivity (Wildman–Crippen MR) is 94.5 cm³/mol. The number of ether oxygens (including phenoxy) is 3. The molecular weight excluding hydrogens is 334 g/mol. The lowest BCUT2D eigenvalue weighted by Gasteiger charge is -2.33. The van der Waals surface area contributed by atoms with Gasteiger partial charge in [0.2, 0.25) is 12.5 Å². The molecule has 4 rings (SSSR count). The van der Waals surface area contributed by atoms with E-state index in [2.05, 4.69) is 23.3 Å². The highest BCUT2D eigenvalue weighted by Gasteiger charge is 2.37. The molecular formula is C19H22N3O4+. The molecule has 1 aromatic carbocycles. The van der Waals surface area contributed by atoms with Crippen molar-refractivity contribution >= 4 is 5.71 Å².